The molecule has 0 aliphatic heterocycles. The molecule has 0 unspecified atom stereocenters. The Bertz CT molecular complexity index is 583. The highest BCUT2D eigenvalue weighted by molar-refractivity contribution is 7.80. The second kappa shape index (κ2) is 5.29. The van der Waals surface area contributed by atoms with E-state index < -0.39 is 5.82 Å². The maximum atomic E-state index is 13.2. The summed E-state index contributed by atoms with van der Waals surface area (Å²) < 4.78 is 13.2. The maximum absolute atomic E-state index is 13.2. The molecule has 0 saturated carbocycles. The molecule has 2 rings (SSSR count). The van der Waals surface area contributed by atoms with E-state index in [1.54, 1.807) is 24.4 Å². The van der Waals surface area contributed by atoms with E-state index in [4.69, 9.17) is 29.6 Å². The van der Waals surface area contributed by atoms with Crippen LogP contribution in [0.5, 0.6) is 0 Å². The fraction of sp³-hybridized carbons (Fsp3) is 0. The number of thiocarbonyl (C=S) groups is 1. The second-order valence-electron chi connectivity index (χ2n) is 3.58. The van der Waals surface area contributed by atoms with E-state index in [0.717, 1.165) is 0 Å². The molecule has 0 bridgehead atoms. The zero-order chi connectivity index (χ0) is 13.1. The van der Waals surface area contributed by atoms with Gasteiger partial charge in [0.2, 0.25) is 0 Å². The van der Waals surface area contributed by atoms with Gasteiger partial charge in [-0.1, -0.05) is 23.8 Å². The van der Waals surface area contributed by atoms with Crippen LogP contribution in [-0.2, 0) is 0 Å². The Hall–Kier alpha value is -1.72. The number of rotatable bonds is 3. The van der Waals surface area contributed by atoms with Crippen molar-refractivity contribution in [1.29, 1.82) is 0 Å². The Labute approximate surface area is 114 Å². The number of anilines is 2. The zero-order valence-corrected chi connectivity index (χ0v) is 10.7. The third-order valence-electron chi connectivity index (χ3n) is 2.16. The van der Waals surface area contributed by atoms with Crippen molar-refractivity contribution in [2.45, 2.75) is 0 Å². The van der Waals surface area contributed by atoms with Gasteiger partial charge in [0.15, 0.2) is 0 Å². The number of pyridine rings is 1. The summed E-state index contributed by atoms with van der Waals surface area (Å²) in [6, 6.07) is 7.60. The number of aromatic nitrogens is 1. The van der Waals surface area contributed by atoms with Crippen LogP contribution in [0.15, 0.2) is 36.5 Å². The normalized spacial score (nSPS) is 10.1. The van der Waals surface area contributed by atoms with E-state index in [0.29, 0.717) is 22.1 Å². The van der Waals surface area contributed by atoms with E-state index in [1.165, 1.54) is 12.1 Å². The largest absolute Gasteiger partial charge is 0.388 e. The summed E-state index contributed by atoms with van der Waals surface area (Å²) in [5.74, 6) is -0.409. The third-order valence-corrected chi connectivity index (χ3v) is 2.59. The van der Waals surface area contributed by atoms with Gasteiger partial charge in [-0.3, -0.25) is 4.98 Å². The summed E-state index contributed by atoms with van der Waals surface area (Å²) in [7, 11) is 0. The molecule has 2 aromatic rings. The lowest BCUT2D eigenvalue weighted by Gasteiger charge is -2.08. The van der Waals surface area contributed by atoms with Crippen LogP contribution < -0.4 is 11.1 Å². The molecule has 0 radical (unpaired) electrons. The first-order valence-electron chi connectivity index (χ1n) is 5.03. The molecule has 1 aromatic carbocycles. The number of nitrogens with zero attached hydrogens (tertiary/aromatic N) is 1. The highest BCUT2D eigenvalue weighted by atomic mass is 35.5. The van der Waals surface area contributed by atoms with Crippen LogP contribution in [0.2, 0.25) is 5.02 Å². The van der Waals surface area contributed by atoms with Gasteiger partial charge in [0.05, 0.1) is 5.69 Å². The summed E-state index contributed by atoms with van der Waals surface area (Å²) >= 11 is 10.6. The highest BCUT2D eigenvalue weighted by Gasteiger charge is 2.02. The lowest BCUT2D eigenvalue weighted by atomic mass is 10.2. The molecule has 0 aliphatic carbocycles. The standard InChI is InChI=1S/C12H9ClFN3S/c13-7-3-8(14)5-10(4-7)17-9-1-2-16-11(6-9)12(15)18/h1-6H,(H2,15,18)(H,16,17). The lowest BCUT2D eigenvalue weighted by molar-refractivity contribution is 0.628. The van der Waals surface area contributed by atoms with E-state index in [9.17, 15) is 4.39 Å². The molecule has 0 spiro atoms. The van der Waals surface area contributed by atoms with Crippen molar-refractivity contribution in [3.63, 3.8) is 0 Å². The Balaban J connectivity index is 2.28. The van der Waals surface area contributed by atoms with Gasteiger partial charge in [0.25, 0.3) is 0 Å². The first-order valence-corrected chi connectivity index (χ1v) is 5.82. The predicted octanol–water partition coefficient (Wildman–Crippen LogP) is 3.25. The molecule has 6 heteroatoms. The first kappa shape index (κ1) is 12.7. The molecular formula is C12H9ClFN3S. The van der Waals surface area contributed by atoms with Gasteiger partial charge < -0.3 is 11.1 Å². The molecule has 3 nitrogen and oxygen atoms in total. The topological polar surface area (TPSA) is 50.9 Å². The number of nitrogens with one attached hydrogen (secondary N) is 1. The minimum absolute atomic E-state index is 0.205. The molecular weight excluding hydrogens is 273 g/mol. The average molecular weight is 282 g/mol. The summed E-state index contributed by atoms with van der Waals surface area (Å²) in [5.41, 5.74) is 7.23. The fourth-order valence-corrected chi connectivity index (χ4v) is 1.77. The van der Waals surface area contributed by atoms with Crippen molar-refractivity contribution < 1.29 is 4.39 Å². The van der Waals surface area contributed by atoms with Crippen molar-refractivity contribution in [3.05, 3.63) is 53.1 Å². The molecule has 0 atom stereocenters. The molecule has 92 valence electrons. The lowest BCUT2D eigenvalue weighted by Crippen LogP contribution is -2.11. The molecule has 0 aliphatic rings. The van der Waals surface area contributed by atoms with Gasteiger partial charge in [-0.25, -0.2) is 4.39 Å². The summed E-state index contributed by atoms with van der Waals surface area (Å²) in [5, 5.41) is 3.32. The van der Waals surface area contributed by atoms with Crippen LogP contribution in [0.1, 0.15) is 5.69 Å². The third kappa shape index (κ3) is 3.15. The Morgan fingerprint density at radius 2 is 2.06 bits per heavy atom. The van der Waals surface area contributed by atoms with Crippen LogP contribution in [0.3, 0.4) is 0 Å². The van der Waals surface area contributed by atoms with E-state index >= 15 is 0 Å². The van der Waals surface area contributed by atoms with Gasteiger partial charge in [-0.2, -0.15) is 0 Å². The second-order valence-corrected chi connectivity index (χ2v) is 4.45. The van der Waals surface area contributed by atoms with Crippen LogP contribution in [-0.4, -0.2) is 9.97 Å². The van der Waals surface area contributed by atoms with Gasteiger partial charge in [-0.15, -0.1) is 0 Å². The molecule has 0 amide bonds. The van der Waals surface area contributed by atoms with Crippen molar-refractivity contribution in [1.82, 2.24) is 4.98 Å². The molecule has 0 saturated heterocycles. The quantitative estimate of drug-likeness (QED) is 0.848. The number of hydrogen-bond acceptors (Lipinski definition) is 3. The monoisotopic (exact) mass is 281 g/mol. The van der Waals surface area contributed by atoms with Crippen LogP contribution in [0.25, 0.3) is 0 Å². The number of benzene rings is 1. The minimum atomic E-state index is -0.409. The summed E-state index contributed by atoms with van der Waals surface area (Å²) in [4.78, 5) is 4.21. The smallest absolute Gasteiger partial charge is 0.126 e. The number of hydrogen-bond donors (Lipinski definition) is 2. The molecule has 1 heterocycles. The van der Waals surface area contributed by atoms with Crippen molar-refractivity contribution in [2.24, 2.45) is 5.73 Å². The fourth-order valence-electron chi connectivity index (χ4n) is 1.44. The number of nitrogens with two attached hydrogens (primary N) is 1. The minimum Gasteiger partial charge on any atom is -0.388 e. The Kier molecular flexibility index (Phi) is 3.74. The number of halogens is 2. The van der Waals surface area contributed by atoms with Crippen molar-refractivity contribution in [3.8, 4) is 0 Å². The molecule has 0 fully saturated rings. The highest BCUT2D eigenvalue weighted by Crippen LogP contribution is 2.22. The van der Waals surface area contributed by atoms with E-state index in [1.807, 2.05) is 0 Å². The van der Waals surface area contributed by atoms with E-state index in [2.05, 4.69) is 10.3 Å². The van der Waals surface area contributed by atoms with Crippen molar-refractivity contribution >= 4 is 40.2 Å². The van der Waals surface area contributed by atoms with Crippen molar-refractivity contribution in [2.75, 3.05) is 5.32 Å². The zero-order valence-electron chi connectivity index (χ0n) is 9.15. The van der Waals surface area contributed by atoms with Crippen LogP contribution in [0, 0.1) is 5.82 Å². The predicted molar refractivity (Wildman–Crippen MR) is 74.8 cm³/mol. The molecule has 1 aromatic heterocycles. The van der Waals surface area contributed by atoms with Gasteiger partial charge in [0, 0.05) is 22.6 Å². The van der Waals surface area contributed by atoms with Gasteiger partial charge >= 0.3 is 0 Å². The van der Waals surface area contributed by atoms with E-state index in [-0.39, 0.29) is 4.99 Å². The van der Waals surface area contributed by atoms with Crippen LogP contribution >= 0.6 is 23.8 Å². The average Bonchev–Trinajstić information content (AvgIpc) is 2.27. The molecule has 18 heavy (non-hydrogen) atoms. The summed E-state index contributed by atoms with van der Waals surface area (Å²) in [6.45, 7) is 0. The van der Waals surface area contributed by atoms with Crippen LogP contribution in [0.4, 0.5) is 15.8 Å². The molecule has 3 N–H and O–H groups in total. The van der Waals surface area contributed by atoms with Gasteiger partial charge in [-0.05, 0) is 30.3 Å². The maximum Gasteiger partial charge on any atom is 0.126 e. The summed E-state index contributed by atoms with van der Waals surface area (Å²) in [6.07, 6.45) is 1.57. The van der Waals surface area contributed by atoms with Gasteiger partial charge in [0.1, 0.15) is 10.8 Å². The SMILES string of the molecule is NC(=S)c1cc(Nc2cc(F)cc(Cl)c2)ccn1. The Morgan fingerprint density at radius 1 is 1.28 bits per heavy atom. The first-order chi connectivity index (χ1) is 8.54. The Morgan fingerprint density at radius 3 is 2.72 bits per heavy atom.